The van der Waals surface area contributed by atoms with E-state index in [-0.39, 0.29) is 6.04 Å². The molecular formula is C16H21N3O2. The molecule has 112 valence electrons. The number of rotatable bonds is 5. The SMILES string of the molecule is COC(=O)C(C)(N)CC(C)n1ccnc1-c1ccccc1. The third kappa shape index (κ3) is 3.31. The fourth-order valence-corrected chi connectivity index (χ4v) is 2.51. The molecule has 2 atom stereocenters. The Bertz CT molecular complexity index is 605. The van der Waals surface area contributed by atoms with E-state index in [2.05, 4.69) is 4.98 Å². The zero-order valence-electron chi connectivity index (χ0n) is 12.6. The van der Waals surface area contributed by atoms with Crippen LogP contribution in [0.3, 0.4) is 0 Å². The molecule has 0 spiro atoms. The second-order valence-corrected chi connectivity index (χ2v) is 5.49. The molecule has 5 nitrogen and oxygen atoms in total. The van der Waals surface area contributed by atoms with Crippen molar-refractivity contribution in [2.75, 3.05) is 7.11 Å². The molecule has 0 radical (unpaired) electrons. The van der Waals surface area contributed by atoms with E-state index in [9.17, 15) is 4.79 Å². The van der Waals surface area contributed by atoms with Gasteiger partial charge in [0, 0.05) is 24.0 Å². The number of carbonyl (C=O) groups excluding carboxylic acids is 1. The number of imidazole rings is 1. The minimum Gasteiger partial charge on any atom is -0.468 e. The van der Waals surface area contributed by atoms with Crippen molar-refractivity contribution >= 4 is 5.97 Å². The van der Waals surface area contributed by atoms with Crippen molar-refractivity contribution in [2.45, 2.75) is 31.8 Å². The molecule has 2 unspecified atom stereocenters. The average molecular weight is 287 g/mol. The molecule has 2 rings (SSSR count). The quantitative estimate of drug-likeness (QED) is 0.857. The Hall–Kier alpha value is -2.14. The summed E-state index contributed by atoms with van der Waals surface area (Å²) in [6.45, 7) is 3.70. The molecule has 1 aromatic carbocycles. The summed E-state index contributed by atoms with van der Waals surface area (Å²) in [5.41, 5.74) is 6.07. The van der Waals surface area contributed by atoms with Crippen LogP contribution < -0.4 is 5.73 Å². The van der Waals surface area contributed by atoms with Crippen LogP contribution in [0.5, 0.6) is 0 Å². The minimum absolute atomic E-state index is 0.0248. The van der Waals surface area contributed by atoms with E-state index in [0.29, 0.717) is 6.42 Å². The standard InChI is InChI=1S/C16H21N3O2/c1-12(11-16(2,17)15(20)21-3)19-10-9-18-14(19)13-7-5-4-6-8-13/h4-10,12H,11,17H2,1-3H3. The predicted molar refractivity (Wildman–Crippen MR) is 81.6 cm³/mol. The highest BCUT2D eigenvalue weighted by atomic mass is 16.5. The molecule has 0 saturated heterocycles. The summed E-state index contributed by atoms with van der Waals surface area (Å²) in [4.78, 5) is 16.1. The van der Waals surface area contributed by atoms with Gasteiger partial charge in [-0.2, -0.15) is 0 Å². The fourth-order valence-electron chi connectivity index (χ4n) is 2.51. The van der Waals surface area contributed by atoms with Gasteiger partial charge >= 0.3 is 5.97 Å². The lowest BCUT2D eigenvalue weighted by Gasteiger charge is -2.26. The maximum Gasteiger partial charge on any atom is 0.325 e. The maximum absolute atomic E-state index is 11.7. The highest BCUT2D eigenvalue weighted by Gasteiger charge is 2.32. The van der Waals surface area contributed by atoms with Crippen molar-refractivity contribution in [2.24, 2.45) is 5.73 Å². The summed E-state index contributed by atoms with van der Waals surface area (Å²) < 4.78 is 6.79. The predicted octanol–water partition coefficient (Wildman–Crippen LogP) is 2.39. The minimum atomic E-state index is -1.02. The first-order valence-corrected chi connectivity index (χ1v) is 6.91. The fraction of sp³-hybridized carbons (Fsp3) is 0.375. The molecule has 1 heterocycles. The van der Waals surface area contributed by atoms with Gasteiger partial charge in [0.25, 0.3) is 0 Å². The normalized spacial score (nSPS) is 15.2. The van der Waals surface area contributed by atoms with Gasteiger partial charge in [0.2, 0.25) is 0 Å². The molecule has 0 aliphatic heterocycles. The van der Waals surface area contributed by atoms with Gasteiger partial charge in [-0.3, -0.25) is 4.79 Å². The third-order valence-electron chi connectivity index (χ3n) is 3.55. The van der Waals surface area contributed by atoms with Crippen LogP contribution in [0.1, 0.15) is 26.3 Å². The van der Waals surface area contributed by atoms with Gasteiger partial charge in [0.05, 0.1) is 7.11 Å². The van der Waals surface area contributed by atoms with Crippen molar-refractivity contribution in [1.82, 2.24) is 9.55 Å². The smallest absolute Gasteiger partial charge is 0.325 e. The summed E-state index contributed by atoms with van der Waals surface area (Å²) >= 11 is 0. The Balaban J connectivity index is 2.24. The number of nitrogens with zero attached hydrogens (tertiary/aromatic N) is 2. The van der Waals surface area contributed by atoms with Gasteiger partial charge < -0.3 is 15.0 Å². The Labute approximate surface area is 124 Å². The molecule has 0 aliphatic rings. The first-order valence-electron chi connectivity index (χ1n) is 6.91. The third-order valence-corrected chi connectivity index (χ3v) is 3.55. The molecule has 21 heavy (non-hydrogen) atoms. The number of hydrogen-bond acceptors (Lipinski definition) is 4. The molecule has 0 aliphatic carbocycles. The Morgan fingerprint density at radius 3 is 2.71 bits per heavy atom. The van der Waals surface area contributed by atoms with Crippen LogP contribution in [0.25, 0.3) is 11.4 Å². The van der Waals surface area contributed by atoms with Crippen LogP contribution in [0, 0.1) is 0 Å². The lowest BCUT2D eigenvalue weighted by molar-refractivity contribution is -0.146. The van der Waals surface area contributed by atoms with E-state index in [0.717, 1.165) is 11.4 Å². The summed E-state index contributed by atoms with van der Waals surface area (Å²) in [5.74, 6) is 0.458. The highest BCUT2D eigenvalue weighted by Crippen LogP contribution is 2.26. The van der Waals surface area contributed by atoms with Gasteiger partial charge in [0.15, 0.2) is 0 Å². The number of hydrogen-bond donors (Lipinski definition) is 1. The van der Waals surface area contributed by atoms with E-state index in [4.69, 9.17) is 10.5 Å². The van der Waals surface area contributed by atoms with E-state index < -0.39 is 11.5 Å². The van der Waals surface area contributed by atoms with Crippen molar-refractivity contribution in [3.8, 4) is 11.4 Å². The van der Waals surface area contributed by atoms with E-state index in [1.54, 1.807) is 13.1 Å². The van der Waals surface area contributed by atoms with Gasteiger partial charge in [-0.1, -0.05) is 30.3 Å². The van der Waals surface area contributed by atoms with Crippen molar-refractivity contribution in [1.29, 1.82) is 0 Å². The zero-order chi connectivity index (χ0) is 15.5. The van der Waals surface area contributed by atoms with Crippen LogP contribution in [0.4, 0.5) is 0 Å². The monoisotopic (exact) mass is 287 g/mol. The Morgan fingerprint density at radius 1 is 1.43 bits per heavy atom. The molecule has 1 aromatic heterocycles. The number of benzene rings is 1. The van der Waals surface area contributed by atoms with E-state index in [1.165, 1.54) is 7.11 Å². The van der Waals surface area contributed by atoms with Gasteiger partial charge in [0.1, 0.15) is 11.4 Å². The lowest BCUT2D eigenvalue weighted by atomic mass is 9.94. The zero-order valence-corrected chi connectivity index (χ0v) is 12.6. The van der Waals surface area contributed by atoms with Crippen molar-refractivity contribution < 1.29 is 9.53 Å². The van der Waals surface area contributed by atoms with Crippen molar-refractivity contribution in [3.63, 3.8) is 0 Å². The Kier molecular flexibility index (Phi) is 4.43. The van der Waals surface area contributed by atoms with Gasteiger partial charge in [-0.05, 0) is 20.3 Å². The molecule has 5 heteroatoms. The van der Waals surface area contributed by atoms with Gasteiger partial charge in [-0.15, -0.1) is 0 Å². The second kappa shape index (κ2) is 6.10. The number of carbonyl (C=O) groups is 1. The summed E-state index contributed by atoms with van der Waals surface area (Å²) in [6.07, 6.45) is 4.13. The number of esters is 1. The molecule has 0 fully saturated rings. The summed E-state index contributed by atoms with van der Waals surface area (Å²) in [7, 11) is 1.35. The van der Waals surface area contributed by atoms with Gasteiger partial charge in [-0.25, -0.2) is 4.98 Å². The van der Waals surface area contributed by atoms with Crippen LogP contribution >= 0.6 is 0 Å². The lowest BCUT2D eigenvalue weighted by Crippen LogP contribution is -2.47. The first kappa shape index (κ1) is 15.3. The van der Waals surface area contributed by atoms with E-state index in [1.807, 2.05) is 48.0 Å². The second-order valence-electron chi connectivity index (χ2n) is 5.49. The number of methoxy groups -OCH3 is 1. The van der Waals surface area contributed by atoms with Crippen LogP contribution in [0.2, 0.25) is 0 Å². The largest absolute Gasteiger partial charge is 0.468 e. The maximum atomic E-state index is 11.7. The summed E-state index contributed by atoms with van der Waals surface area (Å²) in [6, 6.07) is 9.95. The average Bonchev–Trinajstić information content (AvgIpc) is 2.96. The molecule has 2 N–H and O–H groups in total. The van der Waals surface area contributed by atoms with Crippen LogP contribution in [-0.2, 0) is 9.53 Å². The summed E-state index contributed by atoms with van der Waals surface area (Å²) in [5, 5.41) is 0. The number of ether oxygens (including phenoxy) is 1. The topological polar surface area (TPSA) is 70.1 Å². The Morgan fingerprint density at radius 2 is 2.10 bits per heavy atom. The van der Waals surface area contributed by atoms with Crippen LogP contribution in [0.15, 0.2) is 42.7 Å². The molecule has 2 aromatic rings. The molecular weight excluding hydrogens is 266 g/mol. The molecule has 0 saturated carbocycles. The molecule has 0 bridgehead atoms. The molecule has 0 amide bonds. The first-order chi connectivity index (χ1) is 9.95. The van der Waals surface area contributed by atoms with Crippen molar-refractivity contribution in [3.05, 3.63) is 42.7 Å². The van der Waals surface area contributed by atoms with Crippen LogP contribution in [-0.4, -0.2) is 28.2 Å². The number of aromatic nitrogens is 2. The van der Waals surface area contributed by atoms with E-state index >= 15 is 0 Å². The number of nitrogens with two attached hydrogens (primary N) is 1. The highest BCUT2D eigenvalue weighted by molar-refractivity contribution is 5.79.